The molecule has 5 rings (SSSR count). The number of rotatable bonds is 14. The first-order valence-electron chi connectivity index (χ1n) is 15.8. The summed E-state index contributed by atoms with van der Waals surface area (Å²) in [6, 6.07) is 3.82. The van der Waals surface area contributed by atoms with E-state index in [0.717, 1.165) is 36.8 Å². The molecule has 0 spiro atoms. The van der Waals surface area contributed by atoms with E-state index in [1.54, 1.807) is 26.0 Å². The number of carbonyl (C=O) groups is 5. The zero-order chi connectivity index (χ0) is 31.3. The minimum atomic E-state index is -0.885. The van der Waals surface area contributed by atoms with Crippen LogP contribution in [0.5, 0.6) is 5.75 Å². The van der Waals surface area contributed by atoms with Crippen LogP contribution in [0.4, 0.5) is 4.79 Å². The lowest BCUT2D eigenvalue weighted by atomic mass is 9.88. The highest BCUT2D eigenvalue weighted by molar-refractivity contribution is 5.98. The standard InChI is InChI=1S/C32H44N4O8/c1-20(34-28(38)18-36-9-11-42-12-10-36)26(37)16-23(13-22-7-8-27-24(14-22)17-33-31(41)44-27)30(40)35-25(15-21-5-3-4-6-21)29(39)32(2)19-43-32/h7-8,14,20-21,23,25H,3-6,9-13,15-19H2,1-2H3,(H,33,41)(H,34,38)(H,35,40)/t20-,23+,25-,32+/m0/s1. The van der Waals surface area contributed by atoms with Crippen LogP contribution in [0, 0.1) is 11.8 Å². The smallest absolute Gasteiger partial charge is 0.410 e. The van der Waals surface area contributed by atoms with Crippen molar-refractivity contribution in [3.05, 3.63) is 29.3 Å². The Hall–Kier alpha value is -3.35. The number of morpholine rings is 1. The third-order valence-corrected chi connectivity index (χ3v) is 9.16. The van der Waals surface area contributed by atoms with E-state index in [9.17, 15) is 24.0 Å². The molecule has 1 aromatic carbocycles. The number of epoxide rings is 1. The van der Waals surface area contributed by atoms with Crippen LogP contribution in [0.2, 0.25) is 0 Å². The number of nitrogens with one attached hydrogen (secondary N) is 3. The van der Waals surface area contributed by atoms with Gasteiger partial charge in [-0.2, -0.15) is 0 Å². The molecular formula is C32H44N4O8. The van der Waals surface area contributed by atoms with Gasteiger partial charge in [0.15, 0.2) is 11.6 Å². The first-order valence-corrected chi connectivity index (χ1v) is 15.8. The van der Waals surface area contributed by atoms with Gasteiger partial charge >= 0.3 is 6.09 Å². The highest BCUT2D eigenvalue weighted by Gasteiger charge is 2.50. The quantitative estimate of drug-likeness (QED) is 0.266. The van der Waals surface area contributed by atoms with Gasteiger partial charge in [0, 0.05) is 37.5 Å². The van der Waals surface area contributed by atoms with E-state index in [-0.39, 0.29) is 42.8 Å². The molecule has 3 aliphatic heterocycles. The van der Waals surface area contributed by atoms with Crippen LogP contribution in [-0.4, -0.2) is 91.5 Å². The second kappa shape index (κ2) is 14.2. The Bertz CT molecular complexity index is 1250. The predicted molar refractivity (Wildman–Crippen MR) is 159 cm³/mol. The fourth-order valence-corrected chi connectivity index (χ4v) is 6.31. The Morgan fingerprint density at radius 3 is 2.55 bits per heavy atom. The zero-order valence-corrected chi connectivity index (χ0v) is 25.7. The maximum absolute atomic E-state index is 13.9. The Labute approximate surface area is 257 Å². The van der Waals surface area contributed by atoms with Crippen molar-refractivity contribution >= 4 is 29.5 Å². The second-order valence-electron chi connectivity index (χ2n) is 12.8. The summed E-state index contributed by atoms with van der Waals surface area (Å²) in [5, 5.41) is 8.43. The number of hydrogen-bond donors (Lipinski definition) is 3. The molecule has 0 aromatic heterocycles. The molecule has 3 fully saturated rings. The summed E-state index contributed by atoms with van der Waals surface area (Å²) >= 11 is 0. The largest absolute Gasteiger partial charge is 0.412 e. The van der Waals surface area contributed by atoms with Crippen molar-refractivity contribution in [3.63, 3.8) is 0 Å². The normalized spacial score (nSPS) is 23.8. The monoisotopic (exact) mass is 612 g/mol. The molecule has 3 heterocycles. The van der Waals surface area contributed by atoms with Gasteiger partial charge in [-0.15, -0.1) is 0 Å². The van der Waals surface area contributed by atoms with Gasteiger partial charge in [-0.25, -0.2) is 4.79 Å². The van der Waals surface area contributed by atoms with Gasteiger partial charge in [-0.05, 0) is 44.2 Å². The Morgan fingerprint density at radius 2 is 1.84 bits per heavy atom. The average Bonchev–Trinajstić information content (AvgIpc) is 3.54. The topological polar surface area (TPSA) is 156 Å². The van der Waals surface area contributed by atoms with Crippen molar-refractivity contribution in [3.8, 4) is 5.75 Å². The van der Waals surface area contributed by atoms with E-state index >= 15 is 0 Å². The summed E-state index contributed by atoms with van der Waals surface area (Å²) in [6.45, 7) is 6.61. The van der Waals surface area contributed by atoms with Crippen molar-refractivity contribution in [2.45, 2.75) is 83.0 Å². The summed E-state index contributed by atoms with van der Waals surface area (Å²) in [6.07, 6.45) is 4.41. The molecule has 1 saturated carbocycles. The lowest BCUT2D eigenvalue weighted by Crippen LogP contribution is -2.50. The molecule has 12 heteroatoms. The molecule has 3 amide bonds. The van der Waals surface area contributed by atoms with Crippen LogP contribution in [-0.2, 0) is 41.6 Å². The number of nitrogens with zero attached hydrogens (tertiary/aromatic N) is 1. The fourth-order valence-electron chi connectivity index (χ4n) is 6.31. The molecule has 240 valence electrons. The van der Waals surface area contributed by atoms with Crippen molar-refractivity contribution in [1.82, 2.24) is 20.9 Å². The van der Waals surface area contributed by atoms with Crippen LogP contribution < -0.4 is 20.7 Å². The molecule has 1 aromatic rings. The Kier molecular flexibility index (Phi) is 10.3. The molecule has 4 aliphatic rings. The Morgan fingerprint density at radius 1 is 1.11 bits per heavy atom. The van der Waals surface area contributed by atoms with Gasteiger partial charge in [-0.3, -0.25) is 24.1 Å². The predicted octanol–water partition coefficient (Wildman–Crippen LogP) is 1.67. The molecule has 2 saturated heterocycles. The molecular weight excluding hydrogens is 568 g/mol. The summed E-state index contributed by atoms with van der Waals surface area (Å²) in [5.74, 6) is -1.03. The minimum Gasteiger partial charge on any atom is -0.410 e. The molecule has 4 atom stereocenters. The van der Waals surface area contributed by atoms with Gasteiger partial charge in [0.05, 0.1) is 38.4 Å². The molecule has 12 nitrogen and oxygen atoms in total. The SMILES string of the molecule is C[C@H](NC(=O)CN1CCOCC1)C(=O)C[C@@H](Cc1ccc2c(c1)CNC(=O)O2)C(=O)N[C@@H](CC1CCCC1)C(=O)[C@@]1(C)CO1. The number of hydrogen-bond acceptors (Lipinski definition) is 9. The van der Waals surface area contributed by atoms with Crippen LogP contribution >= 0.6 is 0 Å². The van der Waals surface area contributed by atoms with Gasteiger partial charge in [0.2, 0.25) is 11.8 Å². The number of ether oxygens (including phenoxy) is 3. The van der Waals surface area contributed by atoms with Crippen molar-refractivity contribution in [2.24, 2.45) is 11.8 Å². The third kappa shape index (κ3) is 8.42. The van der Waals surface area contributed by atoms with Crippen LogP contribution in [0.25, 0.3) is 0 Å². The van der Waals surface area contributed by atoms with Crippen molar-refractivity contribution in [2.75, 3.05) is 39.5 Å². The van der Waals surface area contributed by atoms with Crippen molar-refractivity contribution < 1.29 is 38.2 Å². The molecule has 44 heavy (non-hydrogen) atoms. The number of amides is 3. The number of benzene rings is 1. The van der Waals surface area contributed by atoms with E-state index in [1.165, 1.54) is 0 Å². The maximum atomic E-state index is 13.9. The van der Waals surface area contributed by atoms with Crippen LogP contribution in [0.15, 0.2) is 18.2 Å². The molecule has 1 aliphatic carbocycles. The summed E-state index contributed by atoms with van der Waals surface area (Å²) in [7, 11) is 0. The Balaban J connectivity index is 1.29. The number of fused-ring (bicyclic) bond motifs is 1. The fraction of sp³-hybridized carbons (Fsp3) is 0.656. The summed E-state index contributed by atoms with van der Waals surface area (Å²) in [4.78, 5) is 67.0. The highest BCUT2D eigenvalue weighted by atomic mass is 16.6. The van der Waals surface area contributed by atoms with Gasteiger partial charge < -0.3 is 30.2 Å². The molecule has 0 unspecified atom stereocenters. The van der Waals surface area contributed by atoms with Crippen LogP contribution in [0.1, 0.15) is 63.5 Å². The molecule has 0 bridgehead atoms. The van der Waals surface area contributed by atoms with E-state index < -0.39 is 29.7 Å². The first-order chi connectivity index (χ1) is 21.1. The molecule has 3 N–H and O–H groups in total. The van der Waals surface area contributed by atoms with E-state index in [2.05, 4.69) is 16.0 Å². The van der Waals surface area contributed by atoms with E-state index in [4.69, 9.17) is 14.2 Å². The van der Waals surface area contributed by atoms with Gasteiger partial charge in [-0.1, -0.05) is 37.8 Å². The van der Waals surface area contributed by atoms with Gasteiger partial charge in [0.25, 0.3) is 0 Å². The minimum absolute atomic E-state index is 0.118. The van der Waals surface area contributed by atoms with Crippen LogP contribution in [0.3, 0.4) is 0 Å². The number of ketones is 2. The summed E-state index contributed by atoms with van der Waals surface area (Å²) < 4.78 is 16.0. The third-order valence-electron chi connectivity index (χ3n) is 9.16. The van der Waals surface area contributed by atoms with E-state index in [1.807, 2.05) is 11.0 Å². The average molecular weight is 613 g/mol. The number of carbonyl (C=O) groups excluding carboxylic acids is 5. The first kappa shape index (κ1) is 32.1. The van der Waals surface area contributed by atoms with Gasteiger partial charge in [0.1, 0.15) is 11.4 Å². The second-order valence-corrected chi connectivity index (χ2v) is 12.8. The lowest BCUT2D eigenvalue weighted by Gasteiger charge is -2.27. The zero-order valence-electron chi connectivity index (χ0n) is 25.7. The molecule has 0 radical (unpaired) electrons. The summed E-state index contributed by atoms with van der Waals surface area (Å²) in [5.41, 5.74) is 0.672. The highest BCUT2D eigenvalue weighted by Crippen LogP contribution is 2.34. The van der Waals surface area contributed by atoms with Crippen molar-refractivity contribution in [1.29, 1.82) is 0 Å². The number of Topliss-reactive ketones (excluding diaryl/α,β-unsaturated/α-hetero) is 2. The lowest BCUT2D eigenvalue weighted by molar-refractivity contribution is -0.134. The van der Waals surface area contributed by atoms with E-state index in [0.29, 0.717) is 57.5 Å². The maximum Gasteiger partial charge on any atom is 0.412 e.